The van der Waals surface area contributed by atoms with Gasteiger partial charge in [0.1, 0.15) is 0 Å². The molecule has 0 aliphatic carbocycles. The first kappa shape index (κ1) is 10.1. The van der Waals surface area contributed by atoms with Crippen LogP contribution in [0.15, 0.2) is 22.3 Å². The maximum Gasteiger partial charge on any atom is 0.0391 e. The molecule has 0 aromatic rings. The standard InChI is InChI=1S/C9H16N2/c1-9(2)5-8-11-7-4-6-10-3/h4,6-7,9H,3,5,8H2,1-2H3/b6-4-,11-7?. The van der Waals surface area contributed by atoms with Crippen LogP contribution in [0.3, 0.4) is 0 Å². The lowest BCUT2D eigenvalue weighted by Gasteiger charge is -1.97. The summed E-state index contributed by atoms with van der Waals surface area (Å²) >= 11 is 0. The van der Waals surface area contributed by atoms with E-state index in [4.69, 9.17) is 0 Å². The third-order valence-corrected chi connectivity index (χ3v) is 1.22. The highest BCUT2D eigenvalue weighted by atomic mass is 14.7. The van der Waals surface area contributed by atoms with E-state index in [1.807, 2.05) is 0 Å². The van der Waals surface area contributed by atoms with E-state index in [0.29, 0.717) is 0 Å². The fraction of sp³-hybridized carbons (Fsp3) is 0.556. The predicted octanol–water partition coefficient (Wildman–Crippen LogP) is 2.32. The van der Waals surface area contributed by atoms with E-state index in [-0.39, 0.29) is 0 Å². The zero-order chi connectivity index (χ0) is 8.53. The zero-order valence-corrected chi connectivity index (χ0v) is 7.33. The van der Waals surface area contributed by atoms with Crippen molar-refractivity contribution in [3.05, 3.63) is 12.3 Å². The molecule has 0 saturated carbocycles. The molecular weight excluding hydrogens is 136 g/mol. The molecule has 2 heteroatoms. The molecule has 0 radical (unpaired) electrons. The molecule has 0 unspecified atom stereocenters. The molecule has 0 atom stereocenters. The van der Waals surface area contributed by atoms with Crippen LogP contribution in [-0.2, 0) is 0 Å². The molecule has 0 fully saturated rings. The summed E-state index contributed by atoms with van der Waals surface area (Å²) in [6.07, 6.45) is 6.31. The SMILES string of the molecule is C=N/C=C\C=NCCC(C)C. The molecule has 0 aliphatic heterocycles. The van der Waals surface area contributed by atoms with Gasteiger partial charge in [0.05, 0.1) is 0 Å². The van der Waals surface area contributed by atoms with Crippen LogP contribution in [0.4, 0.5) is 0 Å². The van der Waals surface area contributed by atoms with E-state index in [0.717, 1.165) is 18.9 Å². The fourth-order valence-corrected chi connectivity index (χ4v) is 0.567. The second-order valence-corrected chi connectivity index (χ2v) is 2.76. The van der Waals surface area contributed by atoms with E-state index >= 15 is 0 Å². The molecule has 0 aromatic carbocycles. The van der Waals surface area contributed by atoms with Gasteiger partial charge in [-0.05, 0) is 25.1 Å². The van der Waals surface area contributed by atoms with E-state index in [1.54, 1.807) is 18.5 Å². The average molecular weight is 152 g/mol. The summed E-state index contributed by atoms with van der Waals surface area (Å²) < 4.78 is 0. The van der Waals surface area contributed by atoms with Crippen molar-refractivity contribution >= 4 is 12.9 Å². The van der Waals surface area contributed by atoms with Crippen LogP contribution < -0.4 is 0 Å². The Kier molecular flexibility index (Phi) is 6.59. The van der Waals surface area contributed by atoms with Gasteiger partial charge in [-0.25, -0.2) is 0 Å². The Bertz CT molecular complexity index is 146. The molecule has 0 saturated heterocycles. The van der Waals surface area contributed by atoms with Crippen molar-refractivity contribution in [2.45, 2.75) is 20.3 Å². The third-order valence-electron chi connectivity index (χ3n) is 1.22. The Labute approximate surface area is 68.8 Å². The third kappa shape index (κ3) is 9.08. The minimum atomic E-state index is 0.730. The second kappa shape index (κ2) is 7.19. The average Bonchev–Trinajstić information content (AvgIpc) is 1.96. The highest BCUT2D eigenvalue weighted by molar-refractivity contribution is 5.70. The Morgan fingerprint density at radius 1 is 1.45 bits per heavy atom. The number of aliphatic imine (C=N–C) groups is 2. The van der Waals surface area contributed by atoms with Crippen LogP contribution in [0.5, 0.6) is 0 Å². The Hall–Kier alpha value is -0.920. The number of allylic oxidation sites excluding steroid dienone is 1. The Balaban J connectivity index is 3.30. The van der Waals surface area contributed by atoms with E-state index in [1.165, 1.54) is 0 Å². The lowest BCUT2D eigenvalue weighted by molar-refractivity contribution is 0.598. The first-order valence-electron chi connectivity index (χ1n) is 3.88. The molecule has 0 bridgehead atoms. The van der Waals surface area contributed by atoms with Crippen molar-refractivity contribution < 1.29 is 0 Å². The van der Waals surface area contributed by atoms with Gasteiger partial charge in [0, 0.05) is 19.0 Å². The number of rotatable bonds is 5. The number of hydrogen-bond acceptors (Lipinski definition) is 2. The molecule has 0 aromatic heterocycles. The Morgan fingerprint density at radius 2 is 2.18 bits per heavy atom. The number of nitrogens with zero attached hydrogens (tertiary/aromatic N) is 2. The molecule has 0 rings (SSSR count). The second-order valence-electron chi connectivity index (χ2n) is 2.76. The van der Waals surface area contributed by atoms with Crippen molar-refractivity contribution in [3.63, 3.8) is 0 Å². The first-order chi connectivity index (χ1) is 5.27. The van der Waals surface area contributed by atoms with E-state index < -0.39 is 0 Å². The minimum Gasteiger partial charge on any atom is -0.293 e. The van der Waals surface area contributed by atoms with Crippen LogP contribution in [0, 0.1) is 5.92 Å². The van der Waals surface area contributed by atoms with Gasteiger partial charge in [0.15, 0.2) is 0 Å². The number of hydrogen-bond donors (Lipinski definition) is 0. The monoisotopic (exact) mass is 152 g/mol. The van der Waals surface area contributed by atoms with E-state index in [2.05, 4.69) is 30.5 Å². The molecule has 2 nitrogen and oxygen atoms in total. The normalized spacial score (nSPS) is 11.9. The van der Waals surface area contributed by atoms with Gasteiger partial charge >= 0.3 is 0 Å². The van der Waals surface area contributed by atoms with Gasteiger partial charge in [-0.2, -0.15) is 0 Å². The van der Waals surface area contributed by atoms with Crippen LogP contribution in [-0.4, -0.2) is 19.5 Å². The topological polar surface area (TPSA) is 24.7 Å². The Morgan fingerprint density at radius 3 is 2.73 bits per heavy atom. The lowest BCUT2D eigenvalue weighted by Crippen LogP contribution is -1.89. The molecule has 11 heavy (non-hydrogen) atoms. The van der Waals surface area contributed by atoms with Gasteiger partial charge in [-0.3, -0.25) is 9.98 Å². The molecule has 0 N–H and O–H groups in total. The summed E-state index contributed by atoms with van der Waals surface area (Å²) in [6.45, 7) is 8.59. The molecule has 0 amide bonds. The van der Waals surface area contributed by atoms with E-state index in [9.17, 15) is 0 Å². The summed E-state index contributed by atoms with van der Waals surface area (Å²) in [5, 5.41) is 0. The molecule has 0 spiro atoms. The summed E-state index contributed by atoms with van der Waals surface area (Å²) in [7, 11) is 0. The van der Waals surface area contributed by atoms with Crippen molar-refractivity contribution in [1.82, 2.24) is 0 Å². The first-order valence-corrected chi connectivity index (χ1v) is 3.88. The predicted molar refractivity (Wildman–Crippen MR) is 51.5 cm³/mol. The molecule has 0 aliphatic rings. The van der Waals surface area contributed by atoms with Gasteiger partial charge in [0.25, 0.3) is 0 Å². The molecule has 62 valence electrons. The summed E-state index contributed by atoms with van der Waals surface area (Å²) in [6, 6.07) is 0. The van der Waals surface area contributed by atoms with Gasteiger partial charge in [-0.1, -0.05) is 13.8 Å². The lowest BCUT2D eigenvalue weighted by atomic mass is 10.1. The van der Waals surface area contributed by atoms with Gasteiger partial charge < -0.3 is 0 Å². The highest BCUT2D eigenvalue weighted by Crippen LogP contribution is 1.97. The fourth-order valence-electron chi connectivity index (χ4n) is 0.567. The van der Waals surface area contributed by atoms with Gasteiger partial charge in [0.2, 0.25) is 0 Å². The zero-order valence-electron chi connectivity index (χ0n) is 7.33. The van der Waals surface area contributed by atoms with Crippen LogP contribution in [0.2, 0.25) is 0 Å². The minimum absolute atomic E-state index is 0.730. The summed E-state index contributed by atoms with van der Waals surface area (Å²) in [5.41, 5.74) is 0. The van der Waals surface area contributed by atoms with Crippen molar-refractivity contribution in [3.8, 4) is 0 Å². The summed E-state index contributed by atoms with van der Waals surface area (Å²) in [4.78, 5) is 7.70. The van der Waals surface area contributed by atoms with Crippen molar-refractivity contribution in [2.24, 2.45) is 15.9 Å². The maximum absolute atomic E-state index is 4.15. The maximum atomic E-state index is 4.15. The van der Waals surface area contributed by atoms with Crippen LogP contribution in [0.25, 0.3) is 0 Å². The summed E-state index contributed by atoms with van der Waals surface area (Å²) in [5.74, 6) is 0.730. The highest BCUT2D eigenvalue weighted by Gasteiger charge is 1.88. The van der Waals surface area contributed by atoms with Crippen molar-refractivity contribution in [1.29, 1.82) is 0 Å². The molecular formula is C9H16N2. The van der Waals surface area contributed by atoms with Crippen LogP contribution >= 0.6 is 0 Å². The quantitative estimate of drug-likeness (QED) is 0.540. The largest absolute Gasteiger partial charge is 0.293 e. The van der Waals surface area contributed by atoms with Crippen molar-refractivity contribution in [2.75, 3.05) is 6.54 Å². The smallest absolute Gasteiger partial charge is 0.0391 e. The van der Waals surface area contributed by atoms with Gasteiger partial charge in [-0.15, -0.1) is 0 Å². The molecule has 0 heterocycles. The van der Waals surface area contributed by atoms with Crippen LogP contribution in [0.1, 0.15) is 20.3 Å².